The monoisotopic (exact) mass is 636 g/mol. The predicted octanol–water partition coefficient (Wildman–Crippen LogP) is 5.87. The van der Waals surface area contributed by atoms with Crippen molar-refractivity contribution in [2.75, 3.05) is 11.4 Å². The maximum Gasteiger partial charge on any atom is 0.264 e. The zero-order valence-electron chi connectivity index (χ0n) is 23.5. The van der Waals surface area contributed by atoms with Crippen LogP contribution in [0.5, 0.6) is 0 Å². The minimum atomic E-state index is -0.994. The number of hydrazone groups is 1. The molecular weight excluding hydrogens is 608 g/mol. The molecule has 9 nitrogen and oxygen atoms in total. The van der Waals surface area contributed by atoms with Crippen LogP contribution in [0.1, 0.15) is 42.0 Å². The number of rotatable bonds is 5. The van der Waals surface area contributed by atoms with E-state index in [4.69, 9.17) is 5.10 Å². The number of nitrogens with zero attached hydrogens (tertiary/aromatic N) is 6. The van der Waals surface area contributed by atoms with Crippen molar-refractivity contribution in [2.24, 2.45) is 21.4 Å². The highest BCUT2D eigenvalue weighted by Gasteiger charge is 2.56. The average molecular weight is 638 g/mol. The van der Waals surface area contributed by atoms with E-state index in [-0.39, 0.29) is 24.4 Å². The first-order valence-corrected chi connectivity index (χ1v) is 15.2. The molecule has 0 bridgehead atoms. The van der Waals surface area contributed by atoms with E-state index in [0.717, 1.165) is 52.1 Å². The molecule has 10 heteroatoms. The van der Waals surface area contributed by atoms with Crippen molar-refractivity contribution < 1.29 is 14.4 Å². The maximum absolute atomic E-state index is 14.1. The van der Waals surface area contributed by atoms with E-state index >= 15 is 0 Å². The van der Waals surface area contributed by atoms with Crippen molar-refractivity contribution in [1.29, 1.82) is 0 Å². The molecule has 3 heterocycles. The lowest BCUT2D eigenvalue weighted by Crippen LogP contribution is -2.45. The SMILES string of the molecule is Cc1ccc(N2C(=O)[C@@H]3N=NN(CC(=O)N4N=C5/C(=C/c6ccccc6)CCC[C@@H]5[C@H]4c4ccccc4)[C@H]3C2=O)c(Br)c1. The minimum absolute atomic E-state index is 0.0482. The molecular formula is C33H29BrN6O3. The number of carbonyl (C=O) groups excluding carboxylic acids is 3. The van der Waals surface area contributed by atoms with Crippen LogP contribution in [-0.2, 0) is 14.4 Å². The maximum atomic E-state index is 14.1. The summed E-state index contributed by atoms with van der Waals surface area (Å²) in [5.41, 5.74) is 5.61. The van der Waals surface area contributed by atoms with E-state index in [9.17, 15) is 14.4 Å². The molecule has 216 valence electrons. The van der Waals surface area contributed by atoms with Crippen LogP contribution < -0.4 is 4.90 Å². The van der Waals surface area contributed by atoms with Gasteiger partial charge in [-0.3, -0.25) is 19.4 Å². The molecule has 3 amide bonds. The second-order valence-electron chi connectivity index (χ2n) is 11.3. The Kier molecular flexibility index (Phi) is 7.01. The highest BCUT2D eigenvalue weighted by molar-refractivity contribution is 9.10. The molecule has 0 unspecified atom stereocenters. The Bertz CT molecular complexity index is 1710. The Morgan fingerprint density at radius 2 is 1.72 bits per heavy atom. The van der Waals surface area contributed by atoms with Gasteiger partial charge >= 0.3 is 0 Å². The van der Waals surface area contributed by atoms with Crippen molar-refractivity contribution in [2.45, 2.75) is 44.3 Å². The number of imide groups is 1. The van der Waals surface area contributed by atoms with Crippen molar-refractivity contribution in [1.82, 2.24) is 10.0 Å². The van der Waals surface area contributed by atoms with Crippen LogP contribution in [-0.4, -0.2) is 52.1 Å². The molecule has 2 fully saturated rings. The number of benzene rings is 3. The van der Waals surface area contributed by atoms with Crippen LogP contribution in [0.4, 0.5) is 5.69 Å². The summed E-state index contributed by atoms with van der Waals surface area (Å²) in [7, 11) is 0. The zero-order valence-corrected chi connectivity index (χ0v) is 25.1. The Morgan fingerprint density at radius 1 is 0.977 bits per heavy atom. The van der Waals surface area contributed by atoms with Crippen LogP contribution in [0.25, 0.3) is 6.08 Å². The largest absolute Gasteiger partial charge is 0.271 e. The van der Waals surface area contributed by atoms with Crippen molar-refractivity contribution >= 4 is 51.1 Å². The molecule has 0 spiro atoms. The summed E-state index contributed by atoms with van der Waals surface area (Å²) in [5.74, 6) is -1.16. The van der Waals surface area contributed by atoms with Gasteiger partial charge in [0, 0.05) is 10.4 Å². The Hall–Kier alpha value is -4.44. The van der Waals surface area contributed by atoms with E-state index in [2.05, 4.69) is 44.5 Å². The van der Waals surface area contributed by atoms with Gasteiger partial charge in [-0.25, -0.2) is 9.91 Å². The van der Waals surface area contributed by atoms with E-state index in [1.807, 2.05) is 67.6 Å². The molecule has 0 N–H and O–H groups in total. The number of carbonyl (C=O) groups is 3. The Morgan fingerprint density at radius 3 is 2.47 bits per heavy atom. The fourth-order valence-corrected chi connectivity index (χ4v) is 7.21. The van der Waals surface area contributed by atoms with Crippen LogP contribution in [0.15, 0.2) is 104 Å². The molecule has 3 aliphatic heterocycles. The van der Waals surface area contributed by atoms with Crippen LogP contribution >= 0.6 is 15.9 Å². The summed E-state index contributed by atoms with van der Waals surface area (Å²) < 4.78 is 0.634. The number of fused-ring (bicyclic) bond motifs is 2. The van der Waals surface area contributed by atoms with E-state index < -0.39 is 23.9 Å². The number of halogens is 1. The highest BCUT2D eigenvalue weighted by atomic mass is 79.9. The summed E-state index contributed by atoms with van der Waals surface area (Å²) in [4.78, 5) is 42.1. The molecule has 3 aromatic carbocycles. The Balaban J connectivity index is 1.18. The third kappa shape index (κ3) is 4.79. The minimum Gasteiger partial charge on any atom is -0.271 e. The standard InChI is InChI=1S/C33H29BrN6O3/c1-20-15-16-26(25(34)17-20)39-32(42)29-31(33(39)43)38(37-35-29)19-27(41)40-30(22-11-6-3-7-12-22)24-14-8-13-23(28(24)36-40)18-21-9-4-2-5-10-21/h2-7,9-12,15-18,24,29-31H,8,13-14,19H2,1H3/b23-18+/t24-,29+,30+,31+/m0/s1. The third-order valence-corrected chi connectivity index (χ3v) is 9.17. The van der Waals surface area contributed by atoms with E-state index in [0.29, 0.717) is 10.2 Å². The number of hydrogen-bond acceptors (Lipinski definition) is 7. The summed E-state index contributed by atoms with van der Waals surface area (Å²) >= 11 is 3.48. The number of aryl methyl sites for hydroxylation is 1. The second kappa shape index (κ2) is 11.0. The lowest BCUT2D eigenvalue weighted by Gasteiger charge is -2.30. The van der Waals surface area contributed by atoms with Gasteiger partial charge in [0.05, 0.1) is 17.4 Å². The van der Waals surface area contributed by atoms with Crippen molar-refractivity contribution in [3.05, 3.63) is 106 Å². The first-order chi connectivity index (χ1) is 20.9. The van der Waals surface area contributed by atoms with Gasteiger partial charge in [-0.2, -0.15) is 10.2 Å². The summed E-state index contributed by atoms with van der Waals surface area (Å²) in [5, 5.41) is 16.1. The molecule has 1 saturated carbocycles. The summed E-state index contributed by atoms with van der Waals surface area (Å²) in [6, 6.07) is 23.3. The molecule has 43 heavy (non-hydrogen) atoms. The van der Waals surface area contributed by atoms with E-state index in [1.165, 1.54) is 5.01 Å². The molecule has 1 aliphatic carbocycles. The van der Waals surface area contributed by atoms with Gasteiger partial charge in [-0.05, 0) is 82.6 Å². The average Bonchev–Trinajstić information content (AvgIpc) is 3.68. The number of hydrogen-bond donors (Lipinski definition) is 0. The number of allylic oxidation sites excluding steroid dienone is 1. The van der Waals surface area contributed by atoms with Gasteiger partial charge < -0.3 is 0 Å². The van der Waals surface area contributed by atoms with Gasteiger partial charge in [0.15, 0.2) is 12.1 Å². The van der Waals surface area contributed by atoms with Crippen LogP contribution in [0.3, 0.4) is 0 Å². The smallest absolute Gasteiger partial charge is 0.264 e. The fourth-order valence-electron chi connectivity index (χ4n) is 6.54. The van der Waals surface area contributed by atoms with Crippen LogP contribution in [0, 0.1) is 12.8 Å². The second-order valence-corrected chi connectivity index (χ2v) is 12.2. The number of anilines is 1. The lowest BCUT2D eigenvalue weighted by atomic mass is 9.77. The highest BCUT2D eigenvalue weighted by Crippen LogP contribution is 2.45. The molecule has 4 atom stereocenters. The number of amides is 3. The first kappa shape index (κ1) is 27.4. The fraction of sp³-hybridized carbons (Fsp3) is 0.273. The molecule has 0 radical (unpaired) electrons. The van der Waals surface area contributed by atoms with Gasteiger partial charge in [0.1, 0.15) is 6.54 Å². The molecule has 0 aromatic heterocycles. The van der Waals surface area contributed by atoms with E-state index in [1.54, 1.807) is 11.1 Å². The van der Waals surface area contributed by atoms with Gasteiger partial charge in [-0.1, -0.05) is 72.0 Å². The van der Waals surface area contributed by atoms with Crippen molar-refractivity contribution in [3.8, 4) is 0 Å². The zero-order chi connectivity index (χ0) is 29.7. The summed E-state index contributed by atoms with van der Waals surface area (Å²) in [6.45, 7) is 1.70. The topological polar surface area (TPSA) is 98.0 Å². The molecule has 1 saturated heterocycles. The van der Waals surface area contributed by atoms with Gasteiger partial charge in [-0.15, -0.1) is 0 Å². The van der Waals surface area contributed by atoms with Gasteiger partial charge in [0.2, 0.25) is 0 Å². The molecule has 7 rings (SSSR count). The van der Waals surface area contributed by atoms with Crippen LogP contribution in [0.2, 0.25) is 0 Å². The third-order valence-electron chi connectivity index (χ3n) is 8.54. The first-order valence-electron chi connectivity index (χ1n) is 14.4. The normalized spacial score (nSPS) is 25.4. The predicted molar refractivity (Wildman–Crippen MR) is 166 cm³/mol. The van der Waals surface area contributed by atoms with Gasteiger partial charge in [0.25, 0.3) is 17.7 Å². The molecule has 4 aliphatic rings. The van der Waals surface area contributed by atoms with Crippen molar-refractivity contribution in [3.63, 3.8) is 0 Å². The lowest BCUT2D eigenvalue weighted by molar-refractivity contribution is -0.136. The summed E-state index contributed by atoms with van der Waals surface area (Å²) in [6.07, 6.45) is 4.97. The quantitative estimate of drug-likeness (QED) is 0.327. The molecule has 3 aromatic rings. The Labute approximate surface area is 257 Å².